The van der Waals surface area contributed by atoms with Crippen molar-refractivity contribution in [1.29, 1.82) is 0 Å². The van der Waals surface area contributed by atoms with Crippen molar-refractivity contribution < 1.29 is 4.48 Å². The molecule has 23 heavy (non-hydrogen) atoms. The van der Waals surface area contributed by atoms with Gasteiger partial charge in [0.05, 0.1) is 25.7 Å². The minimum Gasteiger partial charge on any atom is -0.321 e. The first-order valence-corrected chi connectivity index (χ1v) is 11.1. The molecule has 0 rings (SSSR count). The molecule has 0 saturated carbocycles. The van der Waals surface area contributed by atoms with E-state index in [2.05, 4.69) is 34.6 Å². The topological polar surface area (TPSA) is 0 Å². The first kappa shape index (κ1) is 23.0. The molecule has 0 radical (unpaired) electrons. The van der Waals surface area contributed by atoms with Crippen molar-refractivity contribution in [2.75, 3.05) is 19.6 Å². The SMILES string of the molecule is CCCCCCC(CCC)[N+](CCCC)(CCCC)CCCC. The molecule has 1 nitrogen and oxygen atoms in total. The molecule has 0 spiro atoms. The molecule has 0 bridgehead atoms. The molecule has 0 amide bonds. The van der Waals surface area contributed by atoms with Crippen LogP contribution in [-0.2, 0) is 0 Å². The highest BCUT2D eigenvalue weighted by atomic mass is 15.4. The molecule has 1 atom stereocenters. The molecule has 0 aliphatic rings. The van der Waals surface area contributed by atoms with Crippen LogP contribution < -0.4 is 0 Å². The lowest BCUT2D eigenvalue weighted by Crippen LogP contribution is -2.57. The number of rotatable bonds is 17. The number of hydrogen-bond acceptors (Lipinski definition) is 0. The Morgan fingerprint density at radius 3 is 1.35 bits per heavy atom. The average Bonchev–Trinajstić information content (AvgIpc) is 2.57. The highest BCUT2D eigenvalue weighted by Gasteiger charge is 2.34. The number of quaternary nitrogens is 1. The van der Waals surface area contributed by atoms with Gasteiger partial charge in [-0.05, 0) is 38.5 Å². The maximum absolute atomic E-state index is 2.40. The van der Waals surface area contributed by atoms with Gasteiger partial charge in [0, 0.05) is 0 Å². The van der Waals surface area contributed by atoms with Crippen molar-refractivity contribution in [3.63, 3.8) is 0 Å². The zero-order chi connectivity index (χ0) is 17.4. The monoisotopic (exact) mass is 326 g/mol. The van der Waals surface area contributed by atoms with Gasteiger partial charge < -0.3 is 4.48 Å². The third-order valence-electron chi connectivity index (χ3n) is 5.66. The van der Waals surface area contributed by atoms with Crippen LogP contribution in [0, 0.1) is 0 Å². The van der Waals surface area contributed by atoms with E-state index < -0.39 is 0 Å². The normalized spacial score (nSPS) is 13.4. The summed E-state index contributed by atoms with van der Waals surface area (Å²) >= 11 is 0. The Morgan fingerprint density at radius 1 is 0.478 bits per heavy atom. The molecule has 0 aliphatic heterocycles. The Hall–Kier alpha value is -0.0400. The van der Waals surface area contributed by atoms with E-state index in [1.165, 1.54) is 108 Å². The van der Waals surface area contributed by atoms with E-state index in [9.17, 15) is 0 Å². The minimum absolute atomic E-state index is 0.932. The minimum atomic E-state index is 0.932. The van der Waals surface area contributed by atoms with E-state index in [0.717, 1.165) is 6.04 Å². The second kappa shape index (κ2) is 15.5. The van der Waals surface area contributed by atoms with E-state index in [1.807, 2.05) is 0 Å². The van der Waals surface area contributed by atoms with E-state index in [1.54, 1.807) is 0 Å². The summed E-state index contributed by atoms with van der Waals surface area (Å²) in [6, 6.07) is 0.932. The maximum Gasteiger partial charge on any atom is 0.0890 e. The molecule has 1 heteroatoms. The Morgan fingerprint density at radius 2 is 0.957 bits per heavy atom. The largest absolute Gasteiger partial charge is 0.321 e. The van der Waals surface area contributed by atoms with E-state index in [4.69, 9.17) is 0 Å². The van der Waals surface area contributed by atoms with Crippen LogP contribution in [0.15, 0.2) is 0 Å². The molecule has 0 aromatic carbocycles. The fourth-order valence-corrected chi connectivity index (χ4v) is 4.13. The quantitative estimate of drug-likeness (QED) is 0.194. The molecular formula is C22H48N+. The summed E-state index contributed by atoms with van der Waals surface area (Å²) in [4.78, 5) is 0. The molecule has 0 aromatic heterocycles. The van der Waals surface area contributed by atoms with Gasteiger partial charge in [-0.25, -0.2) is 0 Å². The Labute approximate surface area is 148 Å². The van der Waals surface area contributed by atoms with Crippen LogP contribution in [0.1, 0.15) is 118 Å². The molecule has 0 aliphatic carbocycles. The number of hydrogen-bond donors (Lipinski definition) is 0. The van der Waals surface area contributed by atoms with Gasteiger partial charge in [0.15, 0.2) is 0 Å². The smallest absolute Gasteiger partial charge is 0.0890 e. The van der Waals surface area contributed by atoms with E-state index >= 15 is 0 Å². The van der Waals surface area contributed by atoms with Crippen molar-refractivity contribution in [2.45, 2.75) is 124 Å². The fourth-order valence-electron chi connectivity index (χ4n) is 4.13. The summed E-state index contributed by atoms with van der Waals surface area (Å²) < 4.78 is 1.45. The van der Waals surface area contributed by atoms with E-state index in [-0.39, 0.29) is 0 Å². The lowest BCUT2D eigenvalue weighted by atomic mass is 9.96. The molecule has 0 aromatic rings. The third-order valence-corrected chi connectivity index (χ3v) is 5.66. The van der Waals surface area contributed by atoms with Crippen LogP contribution >= 0.6 is 0 Å². The number of unbranched alkanes of at least 4 members (excludes halogenated alkanes) is 6. The first-order chi connectivity index (χ1) is 11.2. The average molecular weight is 327 g/mol. The Kier molecular flexibility index (Phi) is 15.5. The molecule has 140 valence electrons. The summed E-state index contributed by atoms with van der Waals surface area (Å²) in [5.41, 5.74) is 0. The van der Waals surface area contributed by atoms with Gasteiger partial charge in [0.25, 0.3) is 0 Å². The molecular weight excluding hydrogens is 278 g/mol. The first-order valence-electron chi connectivity index (χ1n) is 11.1. The van der Waals surface area contributed by atoms with Crippen molar-refractivity contribution >= 4 is 0 Å². The Balaban J connectivity index is 5.02. The highest BCUT2D eigenvalue weighted by Crippen LogP contribution is 2.27. The van der Waals surface area contributed by atoms with Gasteiger partial charge >= 0.3 is 0 Å². The van der Waals surface area contributed by atoms with Crippen LogP contribution in [-0.4, -0.2) is 30.2 Å². The van der Waals surface area contributed by atoms with Gasteiger partial charge in [-0.15, -0.1) is 0 Å². The van der Waals surface area contributed by atoms with Crippen LogP contribution in [0.5, 0.6) is 0 Å². The molecule has 0 saturated heterocycles. The Bertz CT molecular complexity index is 214. The summed E-state index contributed by atoms with van der Waals surface area (Å²) in [5, 5.41) is 0. The van der Waals surface area contributed by atoms with Crippen LogP contribution in [0.3, 0.4) is 0 Å². The second-order valence-electron chi connectivity index (χ2n) is 7.74. The lowest BCUT2D eigenvalue weighted by Gasteiger charge is -2.46. The summed E-state index contributed by atoms with van der Waals surface area (Å²) in [5.74, 6) is 0. The summed E-state index contributed by atoms with van der Waals surface area (Å²) in [6.45, 7) is 16.1. The summed E-state index contributed by atoms with van der Waals surface area (Å²) in [6.07, 6.45) is 18.3. The zero-order valence-electron chi connectivity index (χ0n) is 17.3. The predicted octanol–water partition coefficient (Wildman–Crippen LogP) is 7.34. The van der Waals surface area contributed by atoms with Crippen molar-refractivity contribution in [3.05, 3.63) is 0 Å². The van der Waals surface area contributed by atoms with Crippen LogP contribution in [0.4, 0.5) is 0 Å². The lowest BCUT2D eigenvalue weighted by molar-refractivity contribution is -0.952. The van der Waals surface area contributed by atoms with Gasteiger partial charge in [-0.2, -0.15) is 0 Å². The maximum atomic E-state index is 2.40. The summed E-state index contributed by atoms with van der Waals surface area (Å²) in [7, 11) is 0. The fraction of sp³-hybridized carbons (Fsp3) is 1.00. The zero-order valence-corrected chi connectivity index (χ0v) is 17.3. The van der Waals surface area contributed by atoms with Gasteiger partial charge in [-0.1, -0.05) is 79.6 Å². The molecule has 1 unspecified atom stereocenters. The van der Waals surface area contributed by atoms with Gasteiger partial charge in [0.1, 0.15) is 0 Å². The van der Waals surface area contributed by atoms with Gasteiger partial charge in [0.2, 0.25) is 0 Å². The van der Waals surface area contributed by atoms with Crippen LogP contribution in [0.2, 0.25) is 0 Å². The van der Waals surface area contributed by atoms with Crippen molar-refractivity contribution in [1.82, 2.24) is 0 Å². The van der Waals surface area contributed by atoms with Crippen molar-refractivity contribution in [2.24, 2.45) is 0 Å². The van der Waals surface area contributed by atoms with E-state index in [0.29, 0.717) is 0 Å². The van der Waals surface area contributed by atoms with Crippen molar-refractivity contribution in [3.8, 4) is 0 Å². The number of nitrogens with zero attached hydrogens (tertiary/aromatic N) is 1. The molecule has 0 N–H and O–H groups in total. The highest BCUT2D eigenvalue weighted by molar-refractivity contribution is 4.64. The molecule has 0 fully saturated rings. The van der Waals surface area contributed by atoms with Gasteiger partial charge in [-0.3, -0.25) is 0 Å². The molecule has 0 heterocycles. The second-order valence-corrected chi connectivity index (χ2v) is 7.74. The standard InChI is InChI=1S/C22H48N/c1-6-11-15-16-18-22(17-10-5)23(19-12-7-2,20-13-8-3)21-14-9-4/h22H,6-21H2,1-5H3/q+1. The predicted molar refractivity (Wildman–Crippen MR) is 107 cm³/mol. The third kappa shape index (κ3) is 9.75. The van der Waals surface area contributed by atoms with Crippen LogP contribution in [0.25, 0.3) is 0 Å².